The highest BCUT2D eigenvalue weighted by atomic mass is 19.4. The first-order chi connectivity index (χ1) is 11.9. The first-order valence-corrected chi connectivity index (χ1v) is 7.86. The number of hydrogen-bond acceptors (Lipinski definition) is 1. The summed E-state index contributed by atoms with van der Waals surface area (Å²) < 4.78 is 38.2. The molecular formula is C21H16F3N. The Kier molecular flexibility index (Phi) is 4.67. The van der Waals surface area contributed by atoms with Gasteiger partial charge in [-0.2, -0.15) is 13.2 Å². The monoisotopic (exact) mass is 339 g/mol. The number of rotatable bonds is 2. The van der Waals surface area contributed by atoms with Gasteiger partial charge in [0.15, 0.2) is 0 Å². The molecule has 3 rings (SSSR count). The van der Waals surface area contributed by atoms with Crippen LogP contribution in [0, 0.1) is 12.0 Å². The minimum absolute atomic E-state index is 0.0515. The molecule has 4 heteroatoms. The van der Waals surface area contributed by atoms with Crippen molar-refractivity contribution in [3.05, 3.63) is 83.4 Å². The van der Waals surface area contributed by atoms with E-state index >= 15 is 0 Å². The highest BCUT2D eigenvalue weighted by molar-refractivity contribution is 5.86. The normalized spacial score (nSPS) is 12.3. The molecule has 1 N–H and O–H groups in total. The van der Waals surface area contributed by atoms with Crippen LogP contribution in [0.5, 0.6) is 0 Å². The molecule has 0 aromatic heterocycles. The summed E-state index contributed by atoms with van der Waals surface area (Å²) in [4.78, 5) is 0. The molecule has 1 atom stereocenters. The molecule has 0 aliphatic carbocycles. The van der Waals surface area contributed by atoms with Crippen molar-refractivity contribution in [2.75, 3.05) is 0 Å². The van der Waals surface area contributed by atoms with E-state index in [1.165, 1.54) is 6.07 Å². The van der Waals surface area contributed by atoms with Gasteiger partial charge in [0.1, 0.15) is 0 Å². The van der Waals surface area contributed by atoms with Crippen molar-refractivity contribution in [2.24, 2.45) is 0 Å². The van der Waals surface area contributed by atoms with Crippen molar-refractivity contribution in [1.82, 2.24) is 5.32 Å². The van der Waals surface area contributed by atoms with Crippen LogP contribution in [0.15, 0.2) is 66.7 Å². The van der Waals surface area contributed by atoms with Gasteiger partial charge in [-0.15, -0.1) is 0 Å². The number of hydrogen-bond donors (Lipinski definition) is 1. The summed E-state index contributed by atoms with van der Waals surface area (Å²) in [6.45, 7) is 1.97. The Hall–Kier alpha value is -2.93. The highest BCUT2D eigenvalue weighted by Gasteiger charge is 2.30. The molecule has 0 saturated carbocycles. The van der Waals surface area contributed by atoms with E-state index in [-0.39, 0.29) is 6.04 Å². The van der Waals surface area contributed by atoms with Crippen LogP contribution in [0.4, 0.5) is 13.2 Å². The molecule has 3 aromatic carbocycles. The van der Waals surface area contributed by atoms with Crippen molar-refractivity contribution in [3.63, 3.8) is 0 Å². The second-order valence-corrected chi connectivity index (χ2v) is 5.76. The molecule has 0 radical (unpaired) electrons. The van der Waals surface area contributed by atoms with E-state index in [0.717, 1.165) is 28.5 Å². The fourth-order valence-corrected chi connectivity index (χ4v) is 2.70. The molecule has 0 amide bonds. The summed E-state index contributed by atoms with van der Waals surface area (Å²) >= 11 is 0. The van der Waals surface area contributed by atoms with E-state index in [9.17, 15) is 13.2 Å². The predicted octanol–water partition coefficient (Wildman–Crippen LogP) is 5.52. The zero-order valence-corrected chi connectivity index (χ0v) is 13.6. The lowest BCUT2D eigenvalue weighted by Gasteiger charge is -2.13. The van der Waals surface area contributed by atoms with Crippen molar-refractivity contribution in [3.8, 4) is 12.0 Å². The first kappa shape index (κ1) is 16.9. The van der Waals surface area contributed by atoms with Gasteiger partial charge in [0.2, 0.25) is 0 Å². The Balaban J connectivity index is 1.79. The molecule has 0 fully saturated rings. The summed E-state index contributed by atoms with van der Waals surface area (Å²) in [5.41, 5.74) is 0.727. The Morgan fingerprint density at radius 1 is 0.920 bits per heavy atom. The van der Waals surface area contributed by atoms with E-state index in [0.29, 0.717) is 5.56 Å². The van der Waals surface area contributed by atoms with Gasteiger partial charge in [-0.25, -0.2) is 0 Å². The molecule has 1 nitrogen and oxygen atoms in total. The molecule has 0 unspecified atom stereocenters. The third kappa shape index (κ3) is 3.95. The fourth-order valence-electron chi connectivity index (χ4n) is 2.70. The molecule has 126 valence electrons. The Morgan fingerprint density at radius 3 is 2.44 bits per heavy atom. The zero-order valence-electron chi connectivity index (χ0n) is 13.6. The van der Waals surface area contributed by atoms with Gasteiger partial charge in [0, 0.05) is 11.6 Å². The Morgan fingerprint density at radius 2 is 1.64 bits per heavy atom. The molecule has 0 aliphatic rings. The van der Waals surface area contributed by atoms with Gasteiger partial charge in [0.05, 0.1) is 11.6 Å². The molecule has 0 aliphatic heterocycles. The zero-order chi connectivity index (χ0) is 17.9. The van der Waals surface area contributed by atoms with Crippen molar-refractivity contribution in [2.45, 2.75) is 19.1 Å². The first-order valence-electron chi connectivity index (χ1n) is 7.86. The van der Waals surface area contributed by atoms with Crippen LogP contribution in [-0.4, -0.2) is 0 Å². The summed E-state index contributed by atoms with van der Waals surface area (Å²) in [7, 11) is 0. The second-order valence-electron chi connectivity index (χ2n) is 5.76. The van der Waals surface area contributed by atoms with Crippen molar-refractivity contribution >= 4 is 10.8 Å². The van der Waals surface area contributed by atoms with Crippen LogP contribution in [0.2, 0.25) is 0 Å². The van der Waals surface area contributed by atoms with Crippen molar-refractivity contribution in [1.29, 1.82) is 0 Å². The van der Waals surface area contributed by atoms with Gasteiger partial charge >= 0.3 is 6.18 Å². The second kappa shape index (κ2) is 6.90. The maximum atomic E-state index is 12.7. The van der Waals surface area contributed by atoms with E-state index in [1.807, 2.05) is 49.4 Å². The summed E-state index contributed by atoms with van der Waals surface area (Å²) in [6.07, 6.45) is -4.36. The number of fused-ring (bicyclic) bond motifs is 1. The van der Waals surface area contributed by atoms with Gasteiger partial charge in [-0.1, -0.05) is 48.5 Å². The minimum atomic E-state index is -4.36. The highest BCUT2D eigenvalue weighted by Crippen LogP contribution is 2.29. The van der Waals surface area contributed by atoms with Crippen LogP contribution in [0.25, 0.3) is 10.8 Å². The molecule has 0 saturated heterocycles. The quantitative estimate of drug-likeness (QED) is 0.479. The summed E-state index contributed by atoms with van der Waals surface area (Å²) in [5, 5.41) is 5.32. The van der Waals surface area contributed by atoms with Crippen LogP contribution in [0.3, 0.4) is 0 Å². The van der Waals surface area contributed by atoms with Gasteiger partial charge < -0.3 is 5.32 Å². The van der Waals surface area contributed by atoms with E-state index in [1.54, 1.807) is 6.07 Å². The largest absolute Gasteiger partial charge is 0.416 e. The SMILES string of the molecule is C[C@H](NC#Cc1cccc(C(F)(F)F)c1)c1cccc2ccccc12. The van der Waals surface area contributed by atoms with Crippen LogP contribution >= 0.6 is 0 Å². The summed E-state index contributed by atoms with van der Waals surface area (Å²) in [6, 6.07) is 21.8. The third-order valence-electron chi connectivity index (χ3n) is 3.98. The topological polar surface area (TPSA) is 12.0 Å². The molecule has 0 bridgehead atoms. The Labute approximate surface area is 144 Å². The van der Waals surface area contributed by atoms with Crippen molar-refractivity contribution < 1.29 is 13.2 Å². The van der Waals surface area contributed by atoms with E-state index in [4.69, 9.17) is 0 Å². The molecular weight excluding hydrogens is 323 g/mol. The average Bonchev–Trinajstić information content (AvgIpc) is 2.60. The van der Waals surface area contributed by atoms with Crippen LogP contribution in [0.1, 0.15) is 29.7 Å². The smallest absolute Gasteiger partial charge is 0.338 e. The van der Waals surface area contributed by atoms with E-state index < -0.39 is 11.7 Å². The van der Waals surface area contributed by atoms with Gasteiger partial charge in [-0.05, 0) is 47.4 Å². The maximum Gasteiger partial charge on any atom is 0.416 e. The van der Waals surface area contributed by atoms with Gasteiger partial charge in [0.25, 0.3) is 0 Å². The minimum Gasteiger partial charge on any atom is -0.338 e. The molecule has 25 heavy (non-hydrogen) atoms. The standard InChI is InChI=1S/C21H16F3N/c1-15(19-11-5-8-17-7-2-3-10-20(17)19)25-13-12-16-6-4-9-18(14-16)21(22,23)24/h2-11,14-15,25H,1H3/t15-/m0/s1. The molecule has 0 spiro atoms. The summed E-state index contributed by atoms with van der Waals surface area (Å²) in [5.74, 6) is 2.74. The number of nitrogens with one attached hydrogen (secondary N) is 1. The lowest BCUT2D eigenvalue weighted by atomic mass is 10.00. The maximum absolute atomic E-state index is 12.7. The number of benzene rings is 3. The molecule has 3 aromatic rings. The third-order valence-corrected chi connectivity index (χ3v) is 3.98. The lowest BCUT2D eigenvalue weighted by molar-refractivity contribution is -0.137. The van der Waals surface area contributed by atoms with Crippen LogP contribution in [-0.2, 0) is 6.18 Å². The fraction of sp³-hybridized carbons (Fsp3) is 0.143. The average molecular weight is 339 g/mol. The van der Waals surface area contributed by atoms with E-state index in [2.05, 4.69) is 17.3 Å². The number of alkyl halides is 3. The number of halogens is 3. The molecule has 0 heterocycles. The predicted molar refractivity (Wildman–Crippen MR) is 93.8 cm³/mol. The van der Waals surface area contributed by atoms with Crippen LogP contribution < -0.4 is 5.32 Å². The lowest BCUT2D eigenvalue weighted by Crippen LogP contribution is -2.12. The van der Waals surface area contributed by atoms with Gasteiger partial charge in [-0.3, -0.25) is 0 Å². The Bertz CT molecular complexity index is 943.